The highest BCUT2D eigenvalue weighted by Gasteiger charge is 2.71. The molecule has 3 aliphatic carbocycles. The summed E-state index contributed by atoms with van der Waals surface area (Å²) in [6.45, 7) is 0. The first kappa shape index (κ1) is 16.8. The number of halogens is 1. The number of sulfone groups is 1. The highest BCUT2D eigenvalue weighted by Crippen LogP contribution is 2.67. The van der Waals surface area contributed by atoms with Gasteiger partial charge in [-0.2, -0.15) is 0 Å². The maximum atomic E-state index is 12.4. The molecule has 0 saturated heterocycles. The molecular formula is C18H15ClN2O5S. The largest absolute Gasteiger partial charge is 0.440 e. The average Bonchev–Trinajstić information content (AvgIpc) is 3.14. The van der Waals surface area contributed by atoms with Gasteiger partial charge in [0.2, 0.25) is 20.8 Å². The number of aromatic nitrogens is 1. The van der Waals surface area contributed by atoms with E-state index in [4.69, 9.17) is 20.4 Å². The Kier molecular flexibility index (Phi) is 3.20. The van der Waals surface area contributed by atoms with Gasteiger partial charge in [0.25, 0.3) is 5.91 Å². The van der Waals surface area contributed by atoms with Crippen LogP contribution in [0.2, 0.25) is 5.02 Å². The van der Waals surface area contributed by atoms with E-state index in [9.17, 15) is 13.2 Å². The van der Waals surface area contributed by atoms with E-state index >= 15 is 0 Å². The third kappa shape index (κ3) is 2.50. The van der Waals surface area contributed by atoms with Crippen molar-refractivity contribution < 1.29 is 22.0 Å². The fourth-order valence-corrected chi connectivity index (χ4v) is 4.94. The molecule has 2 aromatic heterocycles. The Hall–Kier alpha value is -2.32. The van der Waals surface area contributed by atoms with Crippen LogP contribution in [0.5, 0.6) is 0 Å². The molecular weight excluding hydrogens is 392 g/mol. The Morgan fingerprint density at radius 2 is 1.93 bits per heavy atom. The topological polar surface area (TPSA) is 102 Å². The van der Waals surface area contributed by atoms with Crippen molar-refractivity contribution in [2.75, 3.05) is 6.26 Å². The lowest BCUT2D eigenvalue weighted by atomic mass is 9.39. The summed E-state index contributed by atoms with van der Waals surface area (Å²) < 4.78 is 34.0. The van der Waals surface area contributed by atoms with Gasteiger partial charge in [-0.3, -0.25) is 4.79 Å². The van der Waals surface area contributed by atoms with Crippen molar-refractivity contribution in [3.63, 3.8) is 0 Å². The molecule has 0 spiro atoms. The van der Waals surface area contributed by atoms with Crippen LogP contribution in [0.1, 0.15) is 35.7 Å². The van der Waals surface area contributed by atoms with E-state index in [1.54, 1.807) is 12.1 Å². The van der Waals surface area contributed by atoms with Crippen LogP contribution in [-0.4, -0.2) is 31.1 Å². The second kappa shape index (κ2) is 5.14. The third-order valence-corrected chi connectivity index (χ3v) is 6.57. The molecule has 7 nitrogen and oxygen atoms in total. The zero-order chi connectivity index (χ0) is 19.0. The predicted molar refractivity (Wildman–Crippen MR) is 96.6 cm³/mol. The number of nitrogens with one attached hydrogen (secondary N) is 1. The molecule has 2 bridgehead atoms. The van der Waals surface area contributed by atoms with E-state index in [-0.39, 0.29) is 21.8 Å². The molecule has 3 saturated carbocycles. The predicted octanol–water partition coefficient (Wildman–Crippen LogP) is 3.08. The second-order valence-corrected chi connectivity index (χ2v) is 9.95. The van der Waals surface area contributed by atoms with Gasteiger partial charge in [0.05, 0.1) is 5.41 Å². The Morgan fingerprint density at radius 3 is 2.59 bits per heavy atom. The Morgan fingerprint density at radius 1 is 1.19 bits per heavy atom. The molecule has 0 aliphatic heterocycles. The minimum Gasteiger partial charge on any atom is -0.440 e. The highest BCUT2D eigenvalue weighted by atomic mass is 35.5. The molecule has 2 heterocycles. The molecule has 0 atom stereocenters. The van der Waals surface area contributed by atoms with Crippen molar-refractivity contribution in [3.05, 3.63) is 47.0 Å². The number of hydrogen-bond donors (Lipinski definition) is 1. The van der Waals surface area contributed by atoms with Crippen LogP contribution < -0.4 is 5.32 Å². The molecule has 1 amide bonds. The second-order valence-electron chi connectivity index (χ2n) is 7.57. The lowest BCUT2D eigenvalue weighted by Crippen LogP contribution is -2.76. The molecule has 1 N–H and O–H groups in total. The number of rotatable bonds is 4. The maximum Gasteiger partial charge on any atom is 0.287 e. The normalized spacial score (nSPS) is 26.4. The van der Waals surface area contributed by atoms with Gasteiger partial charge in [-0.25, -0.2) is 13.4 Å². The van der Waals surface area contributed by atoms with Gasteiger partial charge in [-0.05, 0) is 43.5 Å². The summed E-state index contributed by atoms with van der Waals surface area (Å²) >= 11 is 5.99. The van der Waals surface area contributed by atoms with Gasteiger partial charge >= 0.3 is 0 Å². The monoisotopic (exact) mass is 406 g/mol. The maximum absolute atomic E-state index is 12.4. The van der Waals surface area contributed by atoms with Crippen molar-refractivity contribution >= 4 is 38.4 Å². The minimum absolute atomic E-state index is 0.00861. The van der Waals surface area contributed by atoms with E-state index in [1.165, 1.54) is 12.1 Å². The summed E-state index contributed by atoms with van der Waals surface area (Å²) in [5.41, 5.74) is 0.957. The van der Waals surface area contributed by atoms with E-state index in [0.717, 1.165) is 31.0 Å². The smallest absolute Gasteiger partial charge is 0.287 e. The molecule has 3 aliphatic rings. The van der Waals surface area contributed by atoms with E-state index in [1.807, 2.05) is 6.07 Å². The van der Waals surface area contributed by atoms with Crippen molar-refractivity contribution in [1.82, 2.24) is 10.3 Å². The lowest BCUT2D eigenvalue weighted by Gasteiger charge is -2.68. The quantitative estimate of drug-likeness (QED) is 0.714. The summed E-state index contributed by atoms with van der Waals surface area (Å²) in [5, 5.41) is 3.34. The summed E-state index contributed by atoms with van der Waals surface area (Å²) in [6, 6.07) is 8.00. The number of fused-ring (bicyclic) bond motifs is 1. The highest BCUT2D eigenvalue weighted by molar-refractivity contribution is 7.90. The Bertz CT molecular complexity index is 1190. The van der Waals surface area contributed by atoms with Crippen molar-refractivity contribution in [2.45, 2.75) is 35.3 Å². The fraction of sp³-hybridized carbons (Fsp3) is 0.333. The van der Waals surface area contributed by atoms with Crippen LogP contribution >= 0.6 is 11.6 Å². The molecule has 9 heteroatoms. The molecule has 6 rings (SSSR count). The molecule has 140 valence electrons. The van der Waals surface area contributed by atoms with Crippen molar-refractivity contribution in [3.8, 4) is 0 Å². The molecule has 0 radical (unpaired) electrons. The van der Waals surface area contributed by atoms with E-state index in [2.05, 4.69) is 10.3 Å². The number of hydrogen-bond acceptors (Lipinski definition) is 6. The first-order valence-electron chi connectivity index (χ1n) is 8.37. The number of furan rings is 1. The average molecular weight is 407 g/mol. The number of oxazole rings is 1. The molecule has 3 fully saturated rings. The SMILES string of the molecule is CS(=O)(=O)c1ccc(C(=O)NC23CC(c4nc5ccc(Cl)cc5o4)(C2)C3)o1. The number of amides is 1. The van der Waals surface area contributed by atoms with Gasteiger partial charge < -0.3 is 14.2 Å². The lowest BCUT2D eigenvalue weighted by molar-refractivity contribution is -0.0958. The van der Waals surface area contributed by atoms with Crippen LogP contribution in [-0.2, 0) is 15.3 Å². The van der Waals surface area contributed by atoms with Gasteiger partial charge in [0.1, 0.15) is 5.52 Å². The molecule has 3 aromatic rings. The number of nitrogens with zero attached hydrogens (tertiary/aromatic N) is 1. The van der Waals surface area contributed by atoms with Gasteiger partial charge in [-0.15, -0.1) is 0 Å². The van der Waals surface area contributed by atoms with E-state index < -0.39 is 15.7 Å². The number of carbonyl (C=O) groups is 1. The molecule has 0 unspecified atom stereocenters. The third-order valence-electron chi connectivity index (χ3n) is 5.38. The van der Waals surface area contributed by atoms with Crippen LogP contribution in [0.25, 0.3) is 11.1 Å². The van der Waals surface area contributed by atoms with E-state index in [0.29, 0.717) is 16.5 Å². The molecule has 27 heavy (non-hydrogen) atoms. The van der Waals surface area contributed by atoms with Gasteiger partial charge in [0, 0.05) is 22.9 Å². The summed E-state index contributed by atoms with van der Waals surface area (Å²) in [4.78, 5) is 16.9. The summed E-state index contributed by atoms with van der Waals surface area (Å²) in [6.07, 6.45) is 3.22. The van der Waals surface area contributed by atoms with Crippen LogP contribution in [0.15, 0.2) is 44.3 Å². The number of carbonyl (C=O) groups excluding carboxylic acids is 1. The zero-order valence-corrected chi connectivity index (χ0v) is 15.9. The van der Waals surface area contributed by atoms with Crippen LogP contribution in [0.3, 0.4) is 0 Å². The standard InChI is InChI=1S/C18H15ClN2O5S/c1-27(23,24)14-5-4-12(25-14)15(22)21-18-7-17(8-18,9-18)16-20-11-3-2-10(19)6-13(11)26-16/h2-6H,7-9H2,1H3,(H,21,22). The van der Waals surface area contributed by atoms with Gasteiger partial charge in [0.15, 0.2) is 11.3 Å². The van der Waals surface area contributed by atoms with Crippen molar-refractivity contribution in [1.29, 1.82) is 0 Å². The van der Waals surface area contributed by atoms with Gasteiger partial charge in [-0.1, -0.05) is 11.6 Å². The zero-order valence-electron chi connectivity index (χ0n) is 14.3. The van der Waals surface area contributed by atoms with Crippen LogP contribution in [0.4, 0.5) is 0 Å². The first-order valence-corrected chi connectivity index (χ1v) is 10.6. The fourth-order valence-electron chi connectivity index (χ4n) is 4.22. The minimum atomic E-state index is -3.48. The van der Waals surface area contributed by atoms with Crippen molar-refractivity contribution in [2.24, 2.45) is 0 Å². The Balaban J connectivity index is 1.30. The molecule has 1 aromatic carbocycles. The van der Waals surface area contributed by atoms with Crippen LogP contribution in [0, 0.1) is 0 Å². The number of benzene rings is 1. The summed E-state index contributed by atoms with van der Waals surface area (Å²) in [5.74, 6) is 0.251. The summed E-state index contributed by atoms with van der Waals surface area (Å²) in [7, 11) is -3.48. The first-order chi connectivity index (χ1) is 12.7. The Labute approximate surface area is 159 Å².